The monoisotopic (exact) mass is 657 g/mol. The molecular formula is C41H88N2O3. The second kappa shape index (κ2) is 38.6. The van der Waals surface area contributed by atoms with Crippen molar-refractivity contribution in [3.8, 4) is 0 Å². The van der Waals surface area contributed by atoms with Crippen molar-refractivity contribution in [1.82, 2.24) is 0 Å². The fourth-order valence-corrected chi connectivity index (χ4v) is 6.21. The highest BCUT2D eigenvalue weighted by molar-refractivity contribution is 5.47. The molecule has 0 atom stereocenters. The average Bonchev–Trinajstić information content (AvgIpc) is 2.99. The molecular weight excluding hydrogens is 568 g/mol. The Bertz CT molecular complexity index is 532. The summed E-state index contributed by atoms with van der Waals surface area (Å²) >= 11 is 0. The third kappa shape index (κ3) is 50.1. The number of quaternary nitrogens is 2. The standard InChI is InChI=1S/2C20H44N.CH2O3/c2*1-5-7-9-11-13-14-16-18-20-21(3,4)19-17-15-12-10-8-6-2;2-1(3)4/h2*5-20H2,1-4H3;(H2,2,3,4)/q2*+1;/p-2. The van der Waals surface area contributed by atoms with Gasteiger partial charge in [-0.2, -0.15) is 0 Å². The molecule has 0 aliphatic heterocycles. The minimum absolute atomic E-state index is 1.24. The molecule has 0 aliphatic carbocycles. The van der Waals surface area contributed by atoms with Gasteiger partial charge in [0.05, 0.1) is 54.4 Å². The highest BCUT2D eigenvalue weighted by Crippen LogP contribution is 2.14. The van der Waals surface area contributed by atoms with Gasteiger partial charge in [-0.1, -0.05) is 156 Å². The molecule has 0 aromatic heterocycles. The van der Waals surface area contributed by atoms with Crippen molar-refractivity contribution >= 4 is 6.16 Å². The third-order valence-corrected chi connectivity index (χ3v) is 9.47. The Morgan fingerprint density at radius 1 is 0.326 bits per heavy atom. The number of hydrogen-bond donors (Lipinski definition) is 0. The smallest absolute Gasteiger partial charge is 0.0782 e. The molecule has 0 N–H and O–H groups in total. The van der Waals surface area contributed by atoms with Crippen LogP contribution in [0.5, 0.6) is 0 Å². The SMILES string of the molecule is CCCCCCCCCC[N+](C)(C)CCCCCCCC.CCCCCCCCCC[N+](C)(C)CCCCCCCC.O=C([O-])[O-]. The second-order valence-electron chi connectivity index (χ2n) is 15.5. The molecule has 0 fully saturated rings. The van der Waals surface area contributed by atoms with E-state index >= 15 is 0 Å². The predicted octanol–water partition coefficient (Wildman–Crippen LogP) is 10.7. The van der Waals surface area contributed by atoms with Crippen LogP contribution < -0.4 is 10.2 Å². The zero-order valence-corrected chi connectivity index (χ0v) is 33.2. The molecule has 0 saturated carbocycles. The minimum Gasteiger partial charge on any atom is -0.652 e. The number of rotatable bonds is 32. The van der Waals surface area contributed by atoms with Crippen molar-refractivity contribution in [2.75, 3.05) is 54.4 Å². The molecule has 0 aliphatic rings. The van der Waals surface area contributed by atoms with Gasteiger partial charge in [-0.15, -0.1) is 0 Å². The number of carboxylic acid groups (broad SMARTS) is 2. The first-order valence-electron chi connectivity index (χ1n) is 20.5. The molecule has 0 saturated heterocycles. The predicted molar refractivity (Wildman–Crippen MR) is 201 cm³/mol. The molecule has 0 amide bonds. The first kappa shape index (κ1) is 49.6. The Balaban J connectivity index is -0.000000719. The maximum absolute atomic E-state index is 8.33. The fraction of sp³-hybridized carbons (Fsp3) is 0.976. The van der Waals surface area contributed by atoms with Crippen LogP contribution in [0.2, 0.25) is 0 Å². The van der Waals surface area contributed by atoms with E-state index in [-0.39, 0.29) is 0 Å². The van der Waals surface area contributed by atoms with Gasteiger partial charge in [0.25, 0.3) is 0 Å². The van der Waals surface area contributed by atoms with Crippen molar-refractivity contribution < 1.29 is 24.0 Å². The Morgan fingerprint density at radius 2 is 0.457 bits per heavy atom. The topological polar surface area (TPSA) is 63.2 Å². The van der Waals surface area contributed by atoms with E-state index in [1.165, 1.54) is 215 Å². The van der Waals surface area contributed by atoms with Crippen molar-refractivity contribution in [2.45, 2.75) is 207 Å². The molecule has 0 spiro atoms. The van der Waals surface area contributed by atoms with Crippen LogP contribution in [-0.4, -0.2) is 69.5 Å². The fourth-order valence-electron chi connectivity index (χ4n) is 6.21. The Labute approximate surface area is 291 Å². The summed E-state index contributed by atoms with van der Waals surface area (Å²) < 4.78 is 2.48. The van der Waals surface area contributed by atoms with Crippen LogP contribution in [0.15, 0.2) is 0 Å². The first-order chi connectivity index (χ1) is 22.0. The largest absolute Gasteiger partial charge is 0.652 e. The lowest BCUT2D eigenvalue weighted by atomic mass is 10.1. The highest BCUT2D eigenvalue weighted by Gasteiger charge is 2.14. The van der Waals surface area contributed by atoms with Gasteiger partial charge < -0.3 is 24.0 Å². The Kier molecular flexibility index (Phi) is 41.6. The Morgan fingerprint density at radius 3 is 0.609 bits per heavy atom. The van der Waals surface area contributed by atoms with Crippen molar-refractivity contribution in [3.05, 3.63) is 0 Å². The van der Waals surface area contributed by atoms with Gasteiger partial charge in [0, 0.05) is 0 Å². The van der Waals surface area contributed by atoms with Gasteiger partial charge in [0.1, 0.15) is 0 Å². The van der Waals surface area contributed by atoms with E-state index in [4.69, 9.17) is 15.0 Å². The van der Waals surface area contributed by atoms with E-state index in [2.05, 4.69) is 55.9 Å². The lowest BCUT2D eigenvalue weighted by Gasteiger charge is -2.30. The van der Waals surface area contributed by atoms with Crippen LogP contribution >= 0.6 is 0 Å². The van der Waals surface area contributed by atoms with Crippen molar-refractivity contribution in [2.24, 2.45) is 0 Å². The van der Waals surface area contributed by atoms with Gasteiger partial charge >= 0.3 is 0 Å². The molecule has 0 aromatic carbocycles. The van der Waals surface area contributed by atoms with Crippen LogP contribution in [0.25, 0.3) is 0 Å². The zero-order valence-electron chi connectivity index (χ0n) is 33.2. The van der Waals surface area contributed by atoms with Crippen LogP contribution in [0.4, 0.5) is 4.79 Å². The summed E-state index contributed by atoms with van der Waals surface area (Å²) in [5, 5.41) is 16.7. The normalized spacial score (nSPS) is 11.5. The summed E-state index contributed by atoms with van der Waals surface area (Å²) in [6, 6.07) is 0. The van der Waals surface area contributed by atoms with Crippen LogP contribution in [0.1, 0.15) is 207 Å². The van der Waals surface area contributed by atoms with Gasteiger partial charge in [-0.25, -0.2) is 0 Å². The Hall–Kier alpha value is -0.810. The maximum Gasteiger partial charge on any atom is 0.0782 e. The van der Waals surface area contributed by atoms with Crippen molar-refractivity contribution in [3.63, 3.8) is 0 Å². The molecule has 0 aromatic rings. The molecule has 5 nitrogen and oxygen atoms in total. The molecule has 280 valence electrons. The number of carbonyl (C=O) groups is 1. The molecule has 5 heteroatoms. The molecule has 0 bridgehead atoms. The minimum atomic E-state index is -2.33. The summed E-state index contributed by atoms with van der Waals surface area (Å²) in [5.41, 5.74) is 0. The summed E-state index contributed by atoms with van der Waals surface area (Å²) in [6.45, 7) is 14.7. The van der Waals surface area contributed by atoms with Crippen LogP contribution in [0, 0.1) is 0 Å². The quantitative estimate of drug-likeness (QED) is 0.0534. The highest BCUT2D eigenvalue weighted by atomic mass is 16.6. The summed E-state index contributed by atoms with van der Waals surface area (Å²) in [5.74, 6) is 0. The van der Waals surface area contributed by atoms with Gasteiger partial charge in [0.15, 0.2) is 0 Å². The zero-order chi connectivity index (χ0) is 35.2. The van der Waals surface area contributed by atoms with E-state index < -0.39 is 6.16 Å². The van der Waals surface area contributed by atoms with E-state index in [1.54, 1.807) is 0 Å². The molecule has 46 heavy (non-hydrogen) atoms. The molecule has 0 radical (unpaired) electrons. The van der Waals surface area contributed by atoms with Crippen LogP contribution in [-0.2, 0) is 0 Å². The number of hydrogen-bond acceptors (Lipinski definition) is 3. The number of unbranched alkanes of at least 4 members (excludes halogenated alkanes) is 24. The number of nitrogens with zero attached hydrogens (tertiary/aromatic N) is 2. The summed E-state index contributed by atoms with van der Waals surface area (Å²) in [7, 11) is 9.70. The second-order valence-corrected chi connectivity index (χ2v) is 15.5. The van der Waals surface area contributed by atoms with Crippen molar-refractivity contribution in [1.29, 1.82) is 0 Å². The molecule has 0 rings (SSSR count). The molecule has 0 heterocycles. The lowest BCUT2D eigenvalue weighted by molar-refractivity contribution is -0.890. The van der Waals surface area contributed by atoms with Gasteiger partial charge in [-0.3, -0.25) is 0 Å². The number of carbonyl (C=O) groups excluding carboxylic acids is 1. The van der Waals surface area contributed by atoms with E-state index in [0.717, 1.165) is 0 Å². The average molecular weight is 657 g/mol. The van der Waals surface area contributed by atoms with E-state index in [0.29, 0.717) is 0 Å². The van der Waals surface area contributed by atoms with E-state index in [1.807, 2.05) is 0 Å². The molecule has 0 unspecified atom stereocenters. The maximum atomic E-state index is 8.33. The van der Waals surface area contributed by atoms with Gasteiger partial charge in [-0.05, 0) is 57.5 Å². The lowest BCUT2D eigenvalue weighted by Crippen LogP contribution is -2.41. The van der Waals surface area contributed by atoms with Crippen LogP contribution in [0.3, 0.4) is 0 Å². The summed E-state index contributed by atoms with van der Waals surface area (Å²) in [6.07, 6.45) is 37.8. The summed E-state index contributed by atoms with van der Waals surface area (Å²) in [4.78, 5) is 8.33. The third-order valence-electron chi connectivity index (χ3n) is 9.47. The first-order valence-corrected chi connectivity index (χ1v) is 20.5. The van der Waals surface area contributed by atoms with E-state index in [9.17, 15) is 0 Å². The van der Waals surface area contributed by atoms with Gasteiger partial charge in [0.2, 0.25) is 0 Å².